The van der Waals surface area contributed by atoms with Gasteiger partial charge in [0.15, 0.2) is 0 Å². The zero-order chi connectivity index (χ0) is 24.2. The molecule has 2 aliphatic rings. The number of piperidine rings is 1. The van der Waals surface area contributed by atoms with Gasteiger partial charge in [0.2, 0.25) is 0 Å². The number of thiazole rings is 1. The number of carbonyl (C=O) groups is 1. The maximum Gasteiger partial charge on any atom is 0.273 e. The van der Waals surface area contributed by atoms with Crippen LogP contribution >= 0.6 is 11.3 Å². The summed E-state index contributed by atoms with van der Waals surface area (Å²) in [5.41, 5.74) is 3.82. The monoisotopic (exact) mass is 493 g/mol. The summed E-state index contributed by atoms with van der Waals surface area (Å²) in [7, 11) is 0. The molecule has 2 aromatic carbocycles. The first-order valence-electron chi connectivity index (χ1n) is 12.4. The Hall–Kier alpha value is -2.81. The minimum Gasteiger partial charge on any atom is -0.382 e. The molecule has 2 N–H and O–H groups in total. The summed E-state index contributed by atoms with van der Waals surface area (Å²) < 4.78 is 13.2. The van der Waals surface area contributed by atoms with E-state index in [1.54, 1.807) is 23.5 Å². The lowest BCUT2D eigenvalue weighted by Gasteiger charge is -2.32. The first kappa shape index (κ1) is 23.9. The number of benzene rings is 2. The van der Waals surface area contributed by atoms with Crippen LogP contribution in [-0.4, -0.2) is 66.0 Å². The van der Waals surface area contributed by atoms with E-state index >= 15 is 0 Å². The molecule has 0 spiro atoms. The van der Waals surface area contributed by atoms with Crippen molar-refractivity contribution >= 4 is 22.9 Å². The van der Waals surface area contributed by atoms with E-state index in [0.717, 1.165) is 66.7 Å². The van der Waals surface area contributed by atoms with Crippen molar-refractivity contribution in [3.05, 3.63) is 70.6 Å². The van der Waals surface area contributed by atoms with Gasteiger partial charge in [0, 0.05) is 57.5 Å². The zero-order valence-corrected chi connectivity index (χ0v) is 20.9. The molecular formula is C27H32FN5OS. The van der Waals surface area contributed by atoms with E-state index in [9.17, 15) is 9.18 Å². The average molecular weight is 494 g/mol. The maximum absolute atomic E-state index is 13.4. The van der Waals surface area contributed by atoms with Crippen molar-refractivity contribution in [1.29, 1.82) is 0 Å². The zero-order valence-electron chi connectivity index (χ0n) is 20.1. The number of rotatable bonds is 6. The minimum atomic E-state index is -0.237. The number of nitrogens with one attached hydrogen (secondary N) is 2. The number of aromatic nitrogens is 1. The van der Waals surface area contributed by atoms with E-state index in [-0.39, 0.29) is 17.8 Å². The van der Waals surface area contributed by atoms with Crippen LogP contribution in [0.25, 0.3) is 10.4 Å². The molecule has 0 aliphatic carbocycles. The summed E-state index contributed by atoms with van der Waals surface area (Å²) in [6.07, 6.45) is 1.70. The Balaban J connectivity index is 1.22. The summed E-state index contributed by atoms with van der Waals surface area (Å²) in [6.45, 7) is 8.51. The lowest BCUT2D eigenvalue weighted by Crippen LogP contribution is -2.42. The molecule has 3 heterocycles. The van der Waals surface area contributed by atoms with E-state index in [4.69, 9.17) is 0 Å². The normalized spacial score (nSPS) is 17.5. The Labute approximate surface area is 210 Å². The predicted molar refractivity (Wildman–Crippen MR) is 139 cm³/mol. The Bertz CT molecular complexity index is 1130. The van der Waals surface area contributed by atoms with Crippen molar-refractivity contribution in [3.63, 3.8) is 0 Å². The molecule has 2 aliphatic heterocycles. The van der Waals surface area contributed by atoms with Crippen molar-refractivity contribution in [3.8, 4) is 10.4 Å². The Morgan fingerprint density at radius 2 is 1.74 bits per heavy atom. The molecule has 8 heteroatoms. The summed E-state index contributed by atoms with van der Waals surface area (Å²) in [6, 6.07) is 15.3. The molecule has 3 aromatic rings. The quantitative estimate of drug-likeness (QED) is 0.534. The molecule has 0 bridgehead atoms. The van der Waals surface area contributed by atoms with Crippen LogP contribution in [-0.2, 0) is 6.54 Å². The van der Waals surface area contributed by atoms with Gasteiger partial charge in [0.1, 0.15) is 11.5 Å². The van der Waals surface area contributed by atoms with Crippen LogP contribution in [0.1, 0.15) is 33.9 Å². The second kappa shape index (κ2) is 10.8. The van der Waals surface area contributed by atoms with Gasteiger partial charge >= 0.3 is 0 Å². The van der Waals surface area contributed by atoms with Gasteiger partial charge in [0.25, 0.3) is 5.91 Å². The number of carbonyl (C=O) groups excluding carboxylic acids is 1. The molecule has 0 saturated carbocycles. The highest BCUT2D eigenvalue weighted by molar-refractivity contribution is 7.15. The summed E-state index contributed by atoms with van der Waals surface area (Å²) in [4.78, 5) is 23.4. The second-order valence-electron chi connectivity index (χ2n) is 9.35. The van der Waals surface area contributed by atoms with Gasteiger partial charge in [-0.1, -0.05) is 24.3 Å². The van der Waals surface area contributed by atoms with Crippen molar-refractivity contribution in [1.82, 2.24) is 20.1 Å². The number of nitrogens with zero attached hydrogens (tertiary/aromatic N) is 3. The van der Waals surface area contributed by atoms with Crippen molar-refractivity contribution < 1.29 is 9.18 Å². The van der Waals surface area contributed by atoms with Gasteiger partial charge in [0.05, 0.1) is 9.88 Å². The van der Waals surface area contributed by atoms with E-state index < -0.39 is 0 Å². The van der Waals surface area contributed by atoms with E-state index in [1.165, 1.54) is 17.7 Å². The van der Waals surface area contributed by atoms with E-state index in [2.05, 4.69) is 44.8 Å². The van der Waals surface area contributed by atoms with Crippen LogP contribution in [0.15, 0.2) is 48.5 Å². The van der Waals surface area contributed by atoms with Crippen molar-refractivity contribution in [2.24, 2.45) is 0 Å². The molecule has 0 unspecified atom stereocenters. The van der Waals surface area contributed by atoms with Gasteiger partial charge < -0.3 is 15.5 Å². The molecule has 2 saturated heterocycles. The minimum absolute atomic E-state index is 0.00877. The van der Waals surface area contributed by atoms with Crippen LogP contribution < -0.4 is 10.6 Å². The van der Waals surface area contributed by atoms with Gasteiger partial charge in [-0.2, -0.15) is 0 Å². The number of hydrogen-bond acceptors (Lipinski definition) is 6. The molecule has 1 amide bonds. The summed E-state index contributed by atoms with van der Waals surface area (Å²) in [5, 5.41) is 7.75. The van der Waals surface area contributed by atoms with Crippen LogP contribution in [0, 0.1) is 12.7 Å². The fourth-order valence-corrected chi connectivity index (χ4v) is 5.73. The number of likely N-dealkylation sites (tertiary alicyclic amines) is 1. The van der Waals surface area contributed by atoms with Crippen molar-refractivity contribution in [2.75, 3.05) is 44.6 Å². The highest BCUT2D eigenvalue weighted by Gasteiger charge is 2.27. The molecule has 6 nitrogen and oxygen atoms in total. The number of halogens is 1. The number of piperazine rings is 1. The van der Waals surface area contributed by atoms with E-state index in [0.29, 0.717) is 18.8 Å². The lowest BCUT2D eigenvalue weighted by atomic mass is 10.0. The topological polar surface area (TPSA) is 60.5 Å². The highest BCUT2D eigenvalue weighted by atomic mass is 32.1. The number of amides is 1. The largest absolute Gasteiger partial charge is 0.382 e. The van der Waals surface area contributed by atoms with E-state index in [1.807, 2.05) is 11.8 Å². The molecule has 35 heavy (non-hydrogen) atoms. The average Bonchev–Trinajstić information content (AvgIpc) is 3.28. The number of anilines is 1. The maximum atomic E-state index is 13.4. The summed E-state index contributed by atoms with van der Waals surface area (Å²) >= 11 is 1.58. The molecule has 2 fully saturated rings. The molecule has 184 valence electrons. The molecule has 0 radical (unpaired) electrons. The summed E-state index contributed by atoms with van der Waals surface area (Å²) in [5.74, 6) is -0.228. The number of aryl methyl sites for hydroxylation is 1. The Morgan fingerprint density at radius 1 is 1.06 bits per heavy atom. The lowest BCUT2D eigenvalue weighted by molar-refractivity contribution is 0.0714. The van der Waals surface area contributed by atoms with Gasteiger partial charge in [-0.05, 0) is 55.2 Å². The highest BCUT2D eigenvalue weighted by Crippen LogP contribution is 2.32. The third-order valence-electron chi connectivity index (χ3n) is 6.77. The first-order valence-corrected chi connectivity index (χ1v) is 13.2. The third kappa shape index (κ3) is 5.89. The van der Waals surface area contributed by atoms with Crippen LogP contribution in [0.3, 0.4) is 0 Å². The SMILES string of the molecule is Cc1nc(C(=O)N2CCC(Nc3ccc(F)cc3)CC2)c(-c2ccc(CN3CCNCC3)cc2)s1. The first-order chi connectivity index (χ1) is 17.0. The van der Waals surface area contributed by atoms with Crippen LogP contribution in [0.2, 0.25) is 0 Å². The second-order valence-corrected chi connectivity index (χ2v) is 10.6. The molecule has 1 aromatic heterocycles. The smallest absolute Gasteiger partial charge is 0.273 e. The van der Waals surface area contributed by atoms with Gasteiger partial charge in [-0.25, -0.2) is 9.37 Å². The van der Waals surface area contributed by atoms with Crippen LogP contribution in [0.4, 0.5) is 10.1 Å². The van der Waals surface area contributed by atoms with Gasteiger partial charge in [-0.3, -0.25) is 9.69 Å². The third-order valence-corrected chi connectivity index (χ3v) is 7.79. The Morgan fingerprint density at radius 3 is 2.43 bits per heavy atom. The standard InChI is InChI=1S/C27H32FN5OS/c1-19-30-25(26(35-19)21-4-2-20(3-5-21)18-32-16-12-29-13-17-32)27(34)33-14-10-24(11-15-33)31-23-8-6-22(28)7-9-23/h2-9,24,29,31H,10-18H2,1H3. The number of hydrogen-bond donors (Lipinski definition) is 2. The fourth-order valence-electron chi connectivity index (χ4n) is 4.82. The Kier molecular flexibility index (Phi) is 7.41. The van der Waals surface area contributed by atoms with Crippen molar-refractivity contribution in [2.45, 2.75) is 32.4 Å². The fraction of sp³-hybridized carbons (Fsp3) is 0.407. The predicted octanol–water partition coefficient (Wildman–Crippen LogP) is 4.38. The molecule has 5 rings (SSSR count). The van der Waals surface area contributed by atoms with Crippen LogP contribution in [0.5, 0.6) is 0 Å². The van der Waals surface area contributed by atoms with Gasteiger partial charge in [-0.15, -0.1) is 11.3 Å². The molecular weight excluding hydrogens is 461 g/mol. The molecule has 0 atom stereocenters.